The molecule has 1 aromatic rings. The minimum atomic E-state index is 0.180. The number of anilines is 1. The van der Waals surface area contributed by atoms with Gasteiger partial charge in [-0.3, -0.25) is 4.79 Å². The topological polar surface area (TPSA) is 67.6 Å². The number of rotatable bonds is 6. The Bertz CT molecular complexity index is 457. The molecule has 0 aromatic heterocycles. The van der Waals surface area contributed by atoms with Crippen molar-refractivity contribution in [1.29, 1.82) is 0 Å². The van der Waals surface area contributed by atoms with Crippen LogP contribution in [-0.4, -0.2) is 44.1 Å². The first-order valence-electron chi connectivity index (χ1n) is 7.61. The van der Waals surface area contributed by atoms with Gasteiger partial charge in [0, 0.05) is 31.3 Å². The van der Waals surface area contributed by atoms with Gasteiger partial charge in [0.1, 0.15) is 5.75 Å². The summed E-state index contributed by atoms with van der Waals surface area (Å²) in [6.45, 7) is 3.70. The first-order valence-corrected chi connectivity index (χ1v) is 7.61. The molecule has 5 heteroatoms. The van der Waals surface area contributed by atoms with Gasteiger partial charge in [-0.25, -0.2) is 0 Å². The second-order valence-corrected chi connectivity index (χ2v) is 5.50. The van der Waals surface area contributed by atoms with E-state index in [4.69, 9.17) is 10.5 Å². The number of carbonyl (C=O) groups is 1. The van der Waals surface area contributed by atoms with E-state index in [9.17, 15) is 4.79 Å². The second-order valence-electron chi connectivity index (χ2n) is 5.50. The molecule has 0 spiro atoms. The summed E-state index contributed by atoms with van der Waals surface area (Å²) in [7, 11) is 1.71. The zero-order valence-corrected chi connectivity index (χ0v) is 12.7. The van der Waals surface area contributed by atoms with Crippen molar-refractivity contribution in [1.82, 2.24) is 10.2 Å². The van der Waals surface area contributed by atoms with Crippen LogP contribution < -0.4 is 15.8 Å². The molecular weight excluding hydrogens is 266 g/mol. The van der Waals surface area contributed by atoms with Crippen LogP contribution in [0.1, 0.15) is 19.3 Å². The zero-order chi connectivity index (χ0) is 15.1. The van der Waals surface area contributed by atoms with Gasteiger partial charge in [-0.1, -0.05) is 6.07 Å². The van der Waals surface area contributed by atoms with E-state index in [0.29, 0.717) is 6.61 Å². The number of nitrogen functional groups attached to an aromatic ring is 1. The van der Waals surface area contributed by atoms with E-state index in [2.05, 4.69) is 10.2 Å². The van der Waals surface area contributed by atoms with Gasteiger partial charge in [-0.05, 0) is 44.5 Å². The van der Waals surface area contributed by atoms with Crippen LogP contribution in [0.5, 0.6) is 5.75 Å². The van der Waals surface area contributed by atoms with Crippen molar-refractivity contribution in [3.8, 4) is 5.75 Å². The number of benzene rings is 1. The van der Waals surface area contributed by atoms with Gasteiger partial charge < -0.3 is 20.7 Å². The Kier molecular flexibility index (Phi) is 5.87. The largest absolute Gasteiger partial charge is 0.493 e. The lowest BCUT2D eigenvalue weighted by atomic mass is 9.96. The summed E-state index contributed by atoms with van der Waals surface area (Å²) >= 11 is 0. The molecule has 0 saturated carbocycles. The Morgan fingerprint density at radius 3 is 2.86 bits per heavy atom. The maximum absolute atomic E-state index is 11.6. The van der Waals surface area contributed by atoms with Gasteiger partial charge in [-0.15, -0.1) is 0 Å². The van der Waals surface area contributed by atoms with Gasteiger partial charge in [0.25, 0.3) is 0 Å². The SMILES string of the molecule is CNC(=O)C1CCN(CCCOc2cccc(N)c2)CC1. The second kappa shape index (κ2) is 7.88. The molecule has 0 aliphatic carbocycles. The van der Waals surface area contributed by atoms with Crippen LogP contribution >= 0.6 is 0 Å². The standard InChI is InChI=1S/C16H25N3O2/c1-18-16(20)13-6-9-19(10-7-13)8-3-11-21-15-5-2-4-14(17)12-15/h2,4-5,12-13H,3,6-11,17H2,1H3,(H,18,20). The molecule has 1 heterocycles. The number of piperidine rings is 1. The Hall–Kier alpha value is -1.75. The molecule has 2 rings (SSSR count). The number of hydrogen-bond acceptors (Lipinski definition) is 4. The number of carbonyl (C=O) groups excluding carboxylic acids is 1. The first kappa shape index (κ1) is 15.6. The maximum atomic E-state index is 11.6. The Balaban J connectivity index is 1.61. The highest BCUT2D eigenvalue weighted by Crippen LogP contribution is 2.18. The van der Waals surface area contributed by atoms with Gasteiger partial charge in [0.2, 0.25) is 5.91 Å². The van der Waals surface area contributed by atoms with Crippen LogP contribution in [0.15, 0.2) is 24.3 Å². The van der Waals surface area contributed by atoms with Gasteiger partial charge in [0.15, 0.2) is 0 Å². The number of hydrogen-bond donors (Lipinski definition) is 2. The van der Waals surface area contributed by atoms with Crippen LogP contribution in [0.25, 0.3) is 0 Å². The Morgan fingerprint density at radius 1 is 1.43 bits per heavy atom. The minimum Gasteiger partial charge on any atom is -0.493 e. The maximum Gasteiger partial charge on any atom is 0.222 e. The van der Waals surface area contributed by atoms with E-state index in [1.807, 2.05) is 24.3 Å². The number of amides is 1. The number of likely N-dealkylation sites (tertiary alicyclic amines) is 1. The molecule has 1 aromatic carbocycles. The molecule has 0 atom stereocenters. The van der Waals surface area contributed by atoms with Crippen LogP contribution in [0.4, 0.5) is 5.69 Å². The third kappa shape index (κ3) is 4.93. The highest BCUT2D eigenvalue weighted by molar-refractivity contribution is 5.78. The Morgan fingerprint density at radius 2 is 2.19 bits per heavy atom. The average molecular weight is 291 g/mol. The molecule has 3 N–H and O–H groups in total. The monoisotopic (exact) mass is 291 g/mol. The van der Waals surface area contributed by atoms with E-state index in [-0.39, 0.29) is 11.8 Å². The molecule has 5 nitrogen and oxygen atoms in total. The smallest absolute Gasteiger partial charge is 0.222 e. The quantitative estimate of drug-likeness (QED) is 0.615. The molecule has 116 valence electrons. The summed E-state index contributed by atoms with van der Waals surface area (Å²) in [6.07, 6.45) is 2.89. The fourth-order valence-electron chi connectivity index (χ4n) is 2.71. The summed E-state index contributed by atoms with van der Waals surface area (Å²) in [5.74, 6) is 1.20. The number of nitrogens with one attached hydrogen (secondary N) is 1. The summed E-state index contributed by atoms with van der Waals surface area (Å²) in [5.41, 5.74) is 6.43. The van der Waals surface area contributed by atoms with Crippen molar-refractivity contribution in [3.05, 3.63) is 24.3 Å². The van der Waals surface area contributed by atoms with Crippen molar-refractivity contribution < 1.29 is 9.53 Å². The molecular formula is C16H25N3O2. The molecule has 0 bridgehead atoms. The first-order chi connectivity index (χ1) is 10.2. The van der Waals surface area contributed by atoms with Crippen LogP contribution in [0, 0.1) is 5.92 Å². The third-order valence-corrected chi connectivity index (χ3v) is 3.95. The fraction of sp³-hybridized carbons (Fsp3) is 0.562. The van der Waals surface area contributed by atoms with Crippen LogP contribution in [-0.2, 0) is 4.79 Å². The highest BCUT2D eigenvalue weighted by atomic mass is 16.5. The lowest BCUT2D eigenvalue weighted by molar-refractivity contribution is -0.125. The van der Waals surface area contributed by atoms with Crippen LogP contribution in [0.2, 0.25) is 0 Å². The molecule has 1 saturated heterocycles. The summed E-state index contributed by atoms with van der Waals surface area (Å²) in [4.78, 5) is 14.0. The lowest BCUT2D eigenvalue weighted by Gasteiger charge is -2.30. The minimum absolute atomic E-state index is 0.180. The van der Waals surface area contributed by atoms with Crippen LogP contribution in [0.3, 0.4) is 0 Å². The molecule has 21 heavy (non-hydrogen) atoms. The predicted molar refractivity (Wildman–Crippen MR) is 84.2 cm³/mol. The molecule has 0 unspecified atom stereocenters. The van der Waals surface area contributed by atoms with Gasteiger partial charge in [-0.2, -0.15) is 0 Å². The summed E-state index contributed by atoms with van der Waals surface area (Å²) < 4.78 is 5.68. The predicted octanol–water partition coefficient (Wildman–Crippen LogP) is 1.50. The van der Waals surface area contributed by atoms with E-state index in [1.165, 1.54) is 0 Å². The molecule has 1 aliphatic rings. The lowest BCUT2D eigenvalue weighted by Crippen LogP contribution is -2.40. The van der Waals surface area contributed by atoms with Crippen molar-refractivity contribution >= 4 is 11.6 Å². The van der Waals surface area contributed by atoms with E-state index in [1.54, 1.807) is 7.05 Å². The van der Waals surface area contributed by atoms with Crippen molar-refractivity contribution in [3.63, 3.8) is 0 Å². The van der Waals surface area contributed by atoms with Gasteiger partial charge >= 0.3 is 0 Å². The summed E-state index contributed by atoms with van der Waals surface area (Å²) in [5, 5.41) is 2.74. The third-order valence-electron chi connectivity index (χ3n) is 3.95. The Labute approximate surface area is 126 Å². The number of nitrogens with zero attached hydrogens (tertiary/aromatic N) is 1. The van der Waals surface area contributed by atoms with E-state index in [0.717, 1.165) is 50.3 Å². The fourth-order valence-corrected chi connectivity index (χ4v) is 2.71. The van der Waals surface area contributed by atoms with Gasteiger partial charge in [0.05, 0.1) is 6.61 Å². The number of ether oxygens (including phenoxy) is 1. The molecule has 1 aliphatic heterocycles. The number of nitrogens with two attached hydrogens (primary N) is 1. The van der Waals surface area contributed by atoms with E-state index < -0.39 is 0 Å². The van der Waals surface area contributed by atoms with Crippen molar-refractivity contribution in [2.45, 2.75) is 19.3 Å². The van der Waals surface area contributed by atoms with Crippen molar-refractivity contribution in [2.24, 2.45) is 5.92 Å². The van der Waals surface area contributed by atoms with Crippen molar-refractivity contribution in [2.75, 3.05) is 39.0 Å². The zero-order valence-electron chi connectivity index (χ0n) is 12.7. The normalized spacial score (nSPS) is 16.6. The highest BCUT2D eigenvalue weighted by Gasteiger charge is 2.23. The molecule has 0 radical (unpaired) electrons. The van der Waals surface area contributed by atoms with E-state index >= 15 is 0 Å². The molecule has 1 amide bonds. The summed E-state index contributed by atoms with van der Waals surface area (Å²) in [6, 6.07) is 7.51. The average Bonchev–Trinajstić information content (AvgIpc) is 2.51. The molecule has 1 fully saturated rings.